The van der Waals surface area contributed by atoms with Crippen molar-refractivity contribution in [3.8, 4) is 0 Å². The van der Waals surface area contributed by atoms with E-state index >= 15 is 0 Å². The van der Waals surface area contributed by atoms with Crippen LogP contribution in [0.2, 0.25) is 0 Å². The average molecular weight is 221 g/mol. The van der Waals surface area contributed by atoms with Gasteiger partial charge < -0.3 is 15.7 Å². The lowest BCUT2D eigenvalue weighted by Crippen LogP contribution is -2.44. The van der Waals surface area contributed by atoms with Crippen molar-refractivity contribution in [3.05, 3.63) is 23.4 Å². The number of likely N-dealkylation sites (tertiary alicyclic amines) is 1. The molecule has 1 aliphatic rings. The molecule has 1 atom stereocenters. The predicted molar refractivity (Wildman–Crippen MR) is 64.0 cm³/mol. The molecule has 0 aliphatic carbocycles. The van der Waals surface area contributed by atoms with E-state index in [9.17, 15) is 5.11 Å². The summed E-state index contributed by atoms with van der Waals surface area (Å²) in [5.74, 6) is 0.448. The smallest absolute Gasteiger partial charge is 0.129 e. The third-order valence-corrected chi connectivity index (χ3v) is 3.22. The van der Waals surface area contributed by atoms with Gasteiger partial charge in [0.25, 0.3) is 0 Å². The first kappa shape index (κ1) is 11.4. The van der Waals surface area contributed by atoms with Gasteiger partial charge in [-0.25, -0.2) is 4.98 Å². The number of nitrogens with zero attached hydrogens (tertiary/aromatic N) is 2. The molecule has 1 aromatic rings. The molecular formula is C12H19N3O. The van der Waals surface area contributed by atoms with Crippen LogP contribution in [0, 0.1) is 6.92 Å². The highest BCUT2D eigenvalue weighted by Gasteiger charge is 2.35. The molecule has 4 nitrogen and oxygen atoms in total. The van der Waals surface area contributed by atoms with Crippen molar-refractivity contribution < 1.29 is 5.11 Å². The van der Waals surface area contributed by atoms with E-state index in [-0.39, 0.29) is 0 Å². The Hall–Kier alpha value is -1.13. The molecule has 0 radical (unpaired) electrons. The number of aromatic nitrogens is 1. The Labute approximate surface area is 96.1 Å². The summed E-state index contributed by atoms with van der Waals surface area (Å²) in [4.78, 5) is 6.25. The first-order valence-corrected chi connectivity index (χ1v) is 5.65. The Bertz CT molecular complexity index is 394. The zero-order valence-corrected chi connectivity index (χ0v) is 9.90. The Morgan fingerprint density at radius 2 is 2.31 bits per heavy atom. The first-order valence-electron chi connectivity index (χ1n) is 5.65. The fourth-order valence-corrected chi connectivity index (χ4v) is 2.42. The van der Waals surface area contributed by atoms with Crippen LogP contribution in [0.15, 0.2) is 12.3 Å². The molecule has 1 aromatic heterocycles. The van der Waals surface area contributed by atoms with E-state index in [1.54, 1.807) is 6.20 Å². The third-order valence-electron chi connectivity index (χ3n) is 3.22. The topological polar surface area (TPSA) is 62.4 Å². The fraction of sp³-hybridized carbons (Fsp3) is 0.583. The van der Waals surface area contributed by atoms with Gasteiger partial charge in [0.15, 0.2) is 0 Å². The Kier molecular flexibility index (Phi) is 2.86. The van der Waals surface area contributed by atoms with E-state index in [0.717, 1.165) is 30.5 Å². The lowest BCUT2D eigenvalue weighted by molar-refractivity contribution is -0.0274. The van der Waals surface area contributed by atoms with E-state index in [1.807, 2.05) is 20.0 Å². The lowest BCUT2D eigenvalue weighted by atomic mass is 9.85. The van der Waals surface area contributed by atoms with Gasteiger partial charge in [0.2, 0.25) is 0 Å². The highest BCUT2D eigenvalue weighted by molar-refractivity contribution is 5.45. The van der Waals surface area contributed by atoms with E-state index < -0.39 is 5.60 Å². The molecule has 1 saturated heterocycles. The van der Waals surface area contributed by atoms with Crippen LogP contribution in [0.5, 0.6) is 0 Å². The van der Waals surface area contributed by atoms with Crippen molar-refractivity contribution in [3.63, 3.8) is 0 Å². The van der Waals surface area contributed by atoms with Crippen molar-refractivity contribution in [2.24, 2.45) is 0 Å². The molecular weight excluding hydrogens is 202 g/mol. The summed E-state index contributed by atoms with van der Waals surface area (Å²) in [5.41, 5.74) is 6.83. The number of rotatable bonds is 1. The minimum Gasteiger partial charge on any atom is -0.384 e. The van der Waals surface area contributed by atoms with E-state index in [2.05, 4.69) is 9.88 Å². The highest BCUT2D eigenvalue weighted by atomic mass is 16.3. The summed E-state index contributed by atoms with van der Waals surface area (Å²) in [5, 5.41) is 10.7. The van der Waals surface area contributed by atoms with Crippen LogP contribution in [0.25, 0.3) is 0 Å². The average Bonchev–Trinajstić information content (AvgIpc) is 2.21. The highest BCUT2D eigenvalue weighted by Crippen LogP contribution is 2.33. The molecule has 0 amide bonds. The number of aliphatic hydroxyl groups is 1. The Morgan fingerprint density at radius 3 is 3.00 bits per heavy atom. The van der Waals surface area contributed by atoms with Crippen molar-refractivity contribution in [1.29, 1.82) is 0 Å². The molecule has 0 bridgehead atoms. The number of hydrogen-bond acceptors (Lipinski definition) is 4. The van der Waals surface area contributed by atoms with Crippen LogP contribution in [0.4, 0.5) is 5.82 Å². The second-order valence-electron chi connectivity index (χ2n) is 4.82. The minimum atomic E-state index is -0.837. The lowest BCUT2D eigenvalue weighted by Gasteiger charge is -2.38. The summed E-state index contributed by atoms with van der Waals surface area (Å²) in [6, 6.07) is 1.95. The van der Waals surface area contributed by atoms with E-state index in [4.69, 9.17) is 5.73 Å². The zero-order chi connectivity index (χ0) is 11.8. The largest absolute Gasteiger partial charge is 0.384 e. The van der Waals surface area contributed by atoms with Gasteiger partial charge in [-0.1, -0.05) is 0 Å². The van der Waals surface area contributed by atoms with Crippen LogP contribution in [-0.2, 0) is 5.60 Å². The second-order valence-corrected chi connectivity index (χ2v) is 4.82. The van der Waals surface area contributed by atoms with Gasteiger partial charge in [0.05, 0.1) is 0 Å². The van der Waals surface area contributed by atoms with Gasteiger partial charge in [-0.15, -0.1) is 0 Å². The minimum absolute atomic E-state index is 0.448. The molecule has 2 rings (SSSR count). The number of nitrogen functional groups attached to an aromatic ring is 1. The van der Waals surface area contributed by atoms with Gasteiger partial charge in [-0.3, -0.25) is 0 Å². The second kappa shape index (κ2) is 4.03. The SMILES string of the molecule is Cc1cnc(N)c(C2(O)CCCN(C)C2)c1. The summed E-state index contributed by atoms with van der Waals surface area (Å²) in [6.45, 7) is 3.62. The fourth-order valence-electron chi connectivity index (χ4n) is 2.42. The van der Waals surface area contributed by atoms with Gasteiger partial charge in [-0.2, -0.15) is 0 Å². The van der Waals surface area contributed by atoms with Crippen molar-refractivity contribution in [2.45, 2.75) is 25.4 Å². The normalized spacial score (nSPS) is 26.9. The number of aryl methyl sites for hydroxylation is 1. The molecule has 0 saturated carbocycles. The number of nitrogens with two attached hydrogens (primary N) is 1. The number of β-amino-alcohol motifs (C(OH)–C–C–N with tert-alkyl or cyclic N) is 1. The van der Waals surface area contributed by atoms with Crippen molar-refractivity contribution >= 4 is 5.82 Å². The van der Waals surface area contributed by atoms with Crippen LogP contribution in [-0.4, -0.2) is 35.1 Å². The standard InChI is InChI=1S/C12H19N3O/c1-9-6-10(11(13)14-7-9)12(16)4-3-5-15(2)8-12/h6-7,16H,3-5,8H2,1-2H3,(H2,13,14). The maximum Gasteiger partial charge on any atom is 0.129 e. The predicted octanol–water partition coefficient (Wildman–Crippen LogP) is 0.885. The quantitative estimate of drug-likeness (QED) is 0.739. The Balaban J connectivity index is 2.37. The van der Waals surface area contributed by atoms with Gasteiger partial charge >= 0.3 is 0 Å². The summed E-state index contributed by atoms with van der Waals surface area (Å²) in [7, 11) is 2.02. The van der Waals surface area contributed by atoms with Crippen LogP contribution in [0.3, 0.4) is 0 Å². The van der Waals surface area contributed by atoms with Crippen LogP contribution in [0.1, 0.15) is 24.0 Å². The third kappa shape index (κ3) is 2.03. The van der Waals surface area contributed by atoms with E-state index in [1.165, 1.54) is 0 Å². The molecule has 88 valence electrons. The summed E-state index contributed by atoms with van der Waals surface area (Å²) < 4.78 is 0. The van der Waals surface area contributed by atoms with Crippen LogP contribution < -0.4 is 5.73 Å². The zero-order valence-electron chi connectivity index (χ0n) is 9.90. The van der Waals surface area contributed by atoms with Gasteiger partial charge in [0, 0.05) is 18.3 Å². The van der Waals surface area contributed by atoms with Gasteiger partial charge in [-0.05, 0) is 45.0 Å². The van der Waals surface area contributed by atoms with Crippen LogP contribution >= 0.6 is 0 Å². The molecule has 3 N–H and O–H groups in total. The van der Waals surface area contributed by atoms with Crippen molar-refractivity contribution in [1.82, 2.24) is 9.88 Å². The molecule has 0 aromatic carbocycles. The number of pyridine rings is 1. The molecule has 4 heteroatoms. The maximum absolute atomic E-state index is 10.7. The molecule has 2 heterocycles. The molecule has 0 spiro atoms. The molecule has 1 aliphatic heterocycles. The van der Waals surface area contributed by atoms with Gasteiger partial charge in [0.1, 0.15) is 11.4 Å². The number of likely N-dealkylation sites (N-methyl/N-ethyl adjacent to an activating group) is 1. The summed E-state index contributed by atoms with van der Waals surface area (Å²) in [6.07, 6.45) is 3.47. The molecule has 16 heavy (non-hydrogen) atoms. The number of anilines is 1. The van der Waals surface area contributed by atoms with E-state index in [0.29, 0.717) is 12.4 Å². The molecule has 1 fully saturated rings. The molecule has 1 unspecified atom stereocenters. The van der Waals surface area contributed by atoms with Crippen molar-refractivity contribution in [2.75, 3.05) is 25.9 Å². The summed E-state index contributed by atoms with van der Waals surface area (Å²) >= 11 is 0. The number of piperidine rings is 1. The monoisotopic (exact) mass is 221 g/mol. The Morgan fingerprint density at radius 1 is 1.56 bits per heavy atom. The number of hydrogen-bond donors (Lipinski definition) is 2. The maximum atomic E-state index is 10.7. The first-order chi connectivity index (χ1) is 7.51.